The molecule has 0 aliphatic heterocycles. The Balaban J connectivity index is 2.26. The number of nitrogens with one attached hydrogen (secondary N) is 3. The van der Waals surface area contributed by atoms with Crippen molar-refractivity contribution in [2.45, 2.75) is 88.8 Å². The second-order valence-electron chi connectivity index (χ2n) is 11.1. The van der Waals surface area contributed by atoms with Crippen LogP contribution in [0.2, 0.25) is 0 Å². The van der Waals surface area contributed by atoms with Crippen molar-refractivity contribution < 1.29 is 37.4 Å². The molecule has 11 nitrogen and oxygen atoms in total. The quantitative estimate of drug-likeness (QED) is 0.149. The van der Waals surface area contributed by atoms with Gasteiger partial charge in [-0.1, -0.05) is 69.2 Å². The molecule has 2 amide bonds. The lowest BCUT2D eigenvalue weighted by atomic mass is 10.0. The van der Waals surface area contributed by atoms with Gasteiger partial charge in [0.05, 0.1) is 43.8 Å². The fourth-order valence-electron chi connectivity index (χ4n) is 5.01. The molecule has 0 fully saturated rings. The van der Waals surface area contributed by atoms with Crippen molar-refractivity contribution in [3.8, 4) is 5.75 Å². The number of esters is 1. The Kier molecular flexibility index (Phi) is 16.6. The highest BCUT2D eigenvalue weighted by Crippen LogP contribution is 2.18. The highest BCUT2D eigenvalue weighted by molar-refractivity contribution is 7.92. The van der Waals surface area contributed by atoms with Crippen LogP contribution in [0.4, 0.5) is 0 Å². The zero-order chi connectivity index (χ0) is 33.2. The third-order valence-corrected chi connectivity index (χ3v) is 9.76. The number of carbonyl (C=O) groups excluding carboxylic acids is 3. The van der Waals surface area contributed by atoms with Gasteiger partial charge in [0.25, 0.3) is 0 Å². The fourth-order valence-corrected chi connectivity index (χ4v) is 7.17. The van der Waals surface area contributed by atoms with Crippen LogP contribution in [-0.2, 0) is 41.9 Å². The molecule has 0 bridgehead atoms. The number of hydrogen-bond donors (Lipinski definition) is 4. The van der Waals surface area contributed by atoms with Crippen LogP contribution in [0.25, 0.3) is 0 Å². The smallest absolute Gasteiger partial charge is 0.306 e. The van der Waals surface area contributed by atoms with Gasteiger partial charge in [0.15, 0.2) is 9.84 Å². The average Bonchev–Trinajstić information content (AvgIpc) is 3.03. The van der Waals surface area contributed by atoms with Crippen LogP contribution in [0.15, 0.2) is 54.6 Å². The van der Waals surface area contributed by atoms with E-state index in [0.29, 0.717) is 38.0 Å². The molecule has 2 aromatic rings. The molecule has 250 valence electrons. The maximum absolute atomic E-state index is 13.7. The second kappa shape index (κ2) is 19.8. The van der Waals surface area contributed by atoms with Gasteiger partial charge in [0.2, 0.25) is 11.8 Å². The summed E-state index contributed by atoms with van der Waals surface area (Å²) < 4.78 is 36.8. The first kappa shape index (κ1) is 37.7. The van der Waals surface area contributed by atoms with Gasteiger partial charge in [0.1, 0.15) is 11.8 Å². The van der Waals surface area contributed by atoms with E-state index in [2.05, 4.69) is 20.7 Å². The van der Waals surface area contributed by atoms with Gasteiger partial charge in [-0.15, -0.1) is 0 Å². The van der Waals surface area contributed by atoms with E-state index in [0.717, 1.165) is 11.1 Å². The van der Waals surface area contributed by atoms with Gasteiger partial charge in [-0.05, 0) is 42.5 Å². The number of benzene rings is 2. The predicted molar refractivity (Wildman–Crippen MR) is 173 cm³/mol. The number of carbonyl (C=O) groups is 3. The number of amides is 2. The molecule has 0 heterocycles. The van der Waals surface area contributed by atoms with Gasteiger partial charge >= 0.3 is 5.97 Å². The highest BCUT2D eigenvalue weighted by atomic mass is 32.2. The number of methoxy groups -OCH3 is 2. The first-order valence-electron chi connectivity index (χ1n) is 15.5. The van der Waals surface area contributed by atoms with E-state index in [-0.39, 0.29) is 25.8 Å². The largest absolute Gasteiger partial charge is 0.497 e. The molecule has 0 aromatic heterocycles. The lowest BCUT2D eigenvalue weighted by molar-refractivity contribution is -0.142. The molecule has 45 heavy (non-hydrogen) atoms. The summed E-state index contributed by atoms with van der Waals surface area (Å²) in [6.07, 6.45) is 0.906. The summed E-state index contributed by atoms with van der Waals surface area (Å²) in [7, 11) is -1.00. The molecular weight excluding hydrogens is 598 g/mol. The molecule has 0 radical (unpaired) electrons. The molecular formula is C33H49N3O8S. The third-order valence-electron chi connectivity index (χ3n) is 7.47. The maximum Gasteiger partial charge on any atom is 0.306 e. The van der Waals surface area contributed by atoms with Gasteiger partial charge in [-0.3, -0.25) is 14.4 Å². The van der Waals surface area contributed by atoms with Crippen LogP contribution in [0.3, 0.4) is 0 Å². The number of rotatable bonds is 21. The summed E-state index contributed by atoms with van der Waals surface area (Å²) in [5, 5.41) is 19.1. The van der Waals surface area contributed by atoms with Crippen LogP contribution in [0.1, 0.15) is 63.5 Å². The second-order valence-corrected chi connectivity index (χ2v) is 13.4. The van der Waals surface area contributed by atoms with Crippen molar-refractivity contribution in [3.63, 3.8) is 0 Å². The van der Waals surface area contributed by atoms with E-state index in [9.17, 15) is 27.9 Å². The minimum atomic E-state index is -3.79. The van der Waals surface area contributed by atoms with E-state index in [1.807, 2.05) is 68.4 Å². The monoisotopic (exact) mass is 647 g/mol. The Labute approximate surface area is 267 Å². The zero-order valence-electron chi connectivity index (χ0n) is 26.8. The third kappa shape index (κ3) is 13.6. The van der Waals surface area contributed by atoms with Crippen molar-refractivity contribution in [3.05, 3.63) is 65.7 Å². The van der Waals surface area contributed by atoms with Gasteiger partial charge in [-0.2, -0.15) is 0 Å². The molecule has 1 unspecified atom stereocenters. The van der Waals surface area contributed by atoms with Gasteiger partial charge < -0.3 is 30.5 Å². The van der Waals surface area contributed by atoms with Crippen molar-refractivity contribution in [1.29, 1.82) is 0 Å². The van der Waals surface area contributed by atoms with E-state index >= 15 is 0 Å². The molecule has 0 aliphatic carbocycles. The Morgan fingerprint density at radius 1 is 0.889 bits per heavy atom. The number of sulfone groups is 1. The molecule has 4 N–H and O–H groups in total. The first-order chi connectivity index (χ1) is 21.5. The summed E-state index contributed by atoms with van der Waals surface area (Å²) in [6.45, 7) is 4.36. The van der Waals surface area contributed by atoms with Crippen LogP contribution in [0.5, 0.6) is 5.75 Å². The predicted octanol–water partition coefficient (Wildman–Crippen LogP) is 2.69. The average molecular weight is 648 g/mol. The molecule has 0 saturated carbocycles. The summed E-state index contributed by atoms with van der Waals surface area (Å²) in [6, 6.07) is 14.6. The van der Waals surface area contributed by atoms with Crippen LogP contribution in [0, 0.1) is 0 Å². The molecule has 0 saturated heterocycles. The fraction of sp³-hybridized carbons (Fsp3) is 0.545. The SMILES string of the molecule is CCCC(CCC)S(=O)(=O)CC(NC(=O)CCC(=O)OC)C(=O)N[C@@H](Cc1ccccc1)[C@H](O)CNCc1cccc(OC)c1. The van der Waals surface area contributed by atoms with Crippen LogP contribution < -0.4 is 20.7 Å². The Bertz CT molecular complexity index is 1300. The zero-order valence-corrected chi connectivity index (χ0v) is 27.6. The number of ether oxygens (including phenoxy) is 2. The minimum absolute atomic E-state index is 0.124. The van der Waals surface area contributed by atoms with E-state index < -0.39 is 56.8 Å². The van der Waals surface area contributed by atoms with Gasteiger partial charge in [-0.25, -0.2) is 8.42 Å². The number of aliphatic hydroxyl groups excluding tert-OH is 1. The molecule has 0 spiro atoms. The first-order valence-corrected chi connectivity index (χ1v) is 17.2. The van der Waals surface area contributed by atoms with Gasteiger partial charge in [0, 0.05) is 19.5 Å². The van der Waals surface area contributed by atoms with E-state index in [1.165, 1.54) is 7.11 Å². The molecule has 12 heteroatoms. The summed E-state index contributed by atoms with van der Waals surface area (Å²) in [5.74, 6) is -1.88. The Hall–Kier alpha value is -3.48. The number of aliphatic hydroxyl groups is 1. The highest BCUT2D eigenvalue weighted by Gasteiger charge is 2.34. The molecule has 2 rings (SSSR count). The van der Waals surface area contributed by atoms with Crippen LogP contribution >= 0.6 is 0 Å². The Morgan fingerprint density at radius 3 is 2.18 bits per heavy atom. The lowest BCUT2D eigenvalue weighted by Gasteiger charge is -2.28. The van der Waals surface area contributed by atoms with E-state index in [1.54, 1.807) is 7.11 Å². The standard InChI is InChI=1S/C33H49N3O8S/c1-5-11-27(12-6-2)45(41,42)23-29(35-31(38)17-18-32(39)44-4)33(40)36-28(20-24-13-8-7-9-14-24)30(37)22-34-21-25-15-10-16-26(19-25)43-3/h7-10,13-16,19,27-30,34,37H,5-6,11-12,17-18,20-23H2,1-4H3,(H,35,38)(H,36,40)/t28-,29?,30+/m0/s1. The van der Waals surface area contributed by atoms with Crippen molar-refractivity contribution in [1.82, 2.24) is 16.0 Å². The van der Waals surface area contributed by atoms with Crippen LogP contribution in [-0.4, -0.2) is 81.3 Å². The maximum atomic E-state index is 13.7. The van der Waals surface area contributed by atoms with E-state index in [4.69, 9.17) is 4.74 Å². The summed E-state index contributed by atoms with van der Waals surface area (Å²) in [4.78, 5) is 38.1. The van der Waals surface area contributed by atoms with Crippen molar-refractivity contribution in [2.75, 3.05) is 26.5 Å². The summed E-state index contributed by atoms with van der Waals surface area (Å²) >= 11 is 0. The van der Waals surface area contributed by atoms with Crippen molar-refractivity contribution in [2.24, 2.45) is 0 Å². The molecule has 2 aromatic carbocycles. The topological polar surface area (TPSA) is 160 Å². The molecule has 0 aliphatic rings. The lowest BCUT2D eigenvalue weighted by Crippen LogP contribution is -2.57. The molecule has 3 atom stereocenters. The Morgan fingerprint density at radius 2 is 1.56 bits per heavy atom. The van der Waals surface area contributed by atoms with Crippen molar-refractivity contribution >= 4 is 27.6 Å². The normalized spacial score (nSPS) is 13.5. The summed E-state index contributed by atoms with van der Waals surface area (Å²) in [5.41, 5.74) is 1.80. The number of hydrogen-bond acceptors (Lipinski definition) is 9. The minimum Gasteiger partial charge on any atom is -0.497 e.